The summed E-state index contributed by atoms with van der Waals surface area (Å²) in [6, 6.07) is 7.57. The molecule has 3 amide bonds. The normalized spacial score (nSPS) is 10.3. The number of nitrogens with zero attached hydrogens (tertiary/aromatic N) is 2. The topological polar surface area (TPSA) is 76.0 Å². The summed E-state index contributed by atoms with van der Waals surface area (Å²) in [4.78, 5) is 27.5. The fraction of sp³-hybridized carbons (Fsp3) is 0.312. The fourth-order valence-electron chi connectivity index (χ4n) is 1.95. The zero-order chi connectivity index (χ0) is 16.7. The van der Waals surface area contributed by atoms with Gasteiger partial charge in [-0.3, -0.25) is 14.7 Å². The summed E-state index contributed by atoms with van der Waals surface area (Å²) in [6.07, 6.45) is 4.36. The lowest BCUT2D eigenvalue weighted by Gasteiger charge is -2.08. The number of amides is 3. The Bertz CT molecular complexity index is 684. The summed E-state index contributed by atoms with van der Waals surface area (Å²) in [6.45, 7) is 4.52. The van der Waals surface area contributed by atoms with E-state index in [1.807, 2.05) is 48.9 Å². The van der Waals surface area contributed by atoms with Crippen molar-refractivity contribution in [1.82, 2.24) is 20.2 Å². The molecule has 0 saturated carbocycles. The summed E-state index contributed by atoms with van der Waals surface area (Å²) >= 11 is 1.29. The Labute approximate surface area is 139 Å². The van der Waals surface area contributed by atoms with Gasteiger partial charge in [0.2, 0.25) is 5.91 Å². The highest BCUT2D eigenvalue weighted by Gasteiger charge is 2.11. The highest BCUT2D eigenvalue weighted by molar-refractivity contribution is 7.99. The minimum Gasteiger partial charge on any atom is -0.338 e. The fourth-order valence-corrected chi connectivity index (χ4v) is 2.72. The SMILES string of the molecule is CCCNC(=O)NC(=O)CSc1nccn1-c1cccc(C)c1. The molecule has 0 bridgehead atoms. The Morgan fingerprint density at radius 3 is 2.91 bits per heavy atom. The van der Waals surface area contributed by atoms with E-state index >= 15 is 0 Å². The lowest BCUT2D eigenvalue weighted by Crippen LogP contribution is -2.40. The zero-order valence-electron chi connectivity index (χ0n) is 13.2. The monoisotopic (exact) mass is 332 g/mol. The maximum Gasteiger partial charge on any atom is 0.321 e. The van der Waals surface area contributed by atoms with E-state index in [9.17, 15) is 9.59 Å². The number of urea groups is 1. The van der Waals surface area contributed by atoms with Crippen LogP contribution in [0.4, 0.5) is 4.79 Å². The van der Waals surface area contributed by atoms with Crippen LogP contribution in [0.1, 0.15) is 18.9 Å². The molecule has 23 heavy (non-hydrogen) atoms. The van der Waals surface area contributed by atoms with Crippen LogP contribution in [0.2, 0.25) is 0 Å². The molecule has 0 aliphatic heterocycles. The Morgan fingerprint density at radius 2 is 2.17 bits per heavy atom. The van der Waals surface area contributed by atoms with Crippen LogP contribution in [0.25, 0.3) is 5.69 Å². The molecule has 0 aliphatic carbocycles. The van der Waals surface area contributed by atoms with Crippen molar-refractivity contribution in [3.63, 3.8) is 0 Å². The second-order valence-electron chi connectivity index (χ2n) is 5.01. The van der Waals surface area contributed by atoms with Crippen molar-refractivity contribution < 1.29 is 9.59 Å². The van der Waals surface area contributed by atoms with Crippen molar-refractivity contribution in [2.75, 3.05) is 12.3 Å². The van der Waals surface area contributed by atoms with Gasteiger partial charge in [-0.15, -0.1) is 0 Å². The number of carbonyl (C=O) groups excluding carboxylic acids is 2. The van der Waals surface area contributed by atoms with E-state index in [1.165, 1.54) is 11.8 Å². The summed E-state index contributed by atoms with van der Waals surface area (Å²) < 4.78 is 1.92. The summed E-state index contributed by atoms with van der Waals surface area (Å²) in [5, 5.41) is 5.61. The van der Waals surface area contributed by atoms with Gasteiger partial charge in [-0.2, -0.15) is 0 Å². The number of hydrogen-bond acceptors (Lipinski definition) is 4. The molecule has 0 unspecified atom stereocenters. The van der Waals surface area contributed by atoms with E-state index in [0.29, 0.717) is 11.7 Å². The van der Waals surface area contributed by atoms with Crippen molar-refractivity contribution in [2.24, 2.45) is 0 Å². The molecule has 7 heteroatoms. The second-order valence-corrected chi connectivity index (χ2v) is 5.95. The quantitative estimate of drug-likeness (QED) is 0.797. The highest BCUT2D eigenvalue weighted by atomic mass is 32.2. The number of thioether (sulfide) groups is 1. The molecule has 1 aromatic heterocycles. The predicted octanol–water partition coefficient (Wildman–Crippen LogP) is 2.51. The van der Waals surface area contributed by atoms with Gasteiger partial charge >= 0.3 is 6.03 Å². The third-order valence-corrected chi connectivity index (χ3v) is 3.97. The lowest BCUT2D eigenvalue weighted by atomic mass is 10.2. The van der Waals surface area contributed by atoms with Gasteiger partial charge in [0.25, 0.3) is 0 Å². The number of aryl methyl sites for hydroxylation is 1. The molecule has 1 aromatic carbocycles. The van der Waals surface area contributed by atoms with Crippen LogP contribution in [0.15, 0.2) is 41.8 Å². The van der Waals surface area contributed by atoms with Gasteiger partial charge in [-0.1, -0.05) is 30.8 Å². The zero-order valence-corrected chi connectivity index (χ0v) is 14.0. The number of carbonyl (C=O) groups is 2. The molecular weight excluding hydrogens is 312 g/mol. The van der Waals surface area contributed by atoms with Crippen LogP contribution in [-0.4, -0.2) is 33.8 Å². The number of hydrogen-bond donors (Lipinski definition) is 2. The molecule has 0 aliphatic rings. The standard InChI is InChI=1S/C16H20N4O2S/c1-3-7-17-15(22)19-14(21)11-23-16-18-8-9-20(16)13-6-4-5-12(2)10-13/h4-6,8-10H,3,7,11H2,1-2H3,(H2,17,19,21,22). The number of rotatable bonds is 6. The minimum absolute atomic E-state index is 0.127. The van der Waals surface area contributed by atoms with Crippen LogP contribution in [0.5, 0.6) is 0 Å². The van der Waals surface area contributed by atoms with Crippen LogP contribution in [0, 0.1) is 6.92 Å². The molecule has 0 radical (unpaired) electrons. The predicted molar refractivity (Wildman–Crippen MR) is 90.9 cm³/mol. The summed E-state index contributed by atoms with van der Waals surface area (Å²) in [7, 11) is 0. The summed E-state index contributed by atoms with van der Waals surface area (Å²) in [5.41, 5.74) is 2.14. The van der Waals surface area contributed by atoms with Gasteiger partial charge in [0, 0.05) is 24.6 Å². The number of nitrogens with one attached hydrogen (secondary N) is 2. The lowest BCUT2D eigenvalue weighted by molar-refractivity contribution is -0.117. The third kappa shape index (κ3) is 5.14. The first-order valence-corrected chi connectivity index (χ1v) is 8.39. The van der Waals surface area contributed by atoms with Gasteiger partial charge in [0.15, 0.2) is 5.16 Å². The van der Waals surface area contributed by atoms with Gasteiger partial charge < -0.3 is 5.32 Å². The highest BCUT2D eigenvalue weighted by Crippen LogP contribution is 2.20. The van der Waals surface area contributed by atoms with E-state index in [-0.39, 0.29) is 11.7 Å². The van der Waals surface area contributed by atoms with Crippen molar-refractivity contribution in [3.05, 3.63) is 42.2 Å². The largest absolute Gasteiger partial charge is 0.338 e. The average molecular weight is 332 g/mol. The average Bonchev–Trinajstić information content (AvgIpc) is 2.99. The van der Waals surface area contributed by atoms with Crippen molar-refractivity contribution >= 4 is 23.7 Å². The maximum absolute atomic E-state index is 11.8. The Balaban J connectivity index is 1.93. The van der Waals surface area contributed by atoms with E-state index in [0.717, 1.165) is 17.7 Å². The van der Waals surface area contributed by atoms with Crippen LogP contribution >= 0.6 is 11.8 Å². The van der Waals surface area contributed by atoms with Crippen LogP contribution < -0.4 is 10.6 Å². The molecule has 2 aromatic rings. The van der Waals surface area contributed by atoms with Crippen molar-refractivity contribution in [2.45, 2.75) is 25.4 Å². The Kier molecular flexibility index (Phi) is 6.22. The first-order valence-electron chi connectivity index (χ1n) is 7.41. The smallest absolute Gasteiger partial charge is 0.321 e. The molecule has 122 valence electrons. The molecule has 1 heterocycles. The minimum atomic E-state index is -0.459. The molecule has 0 atom stereocenters. The van der Waals surface area contributed by atoms with E-state index in [2.05, 4.69) is 15.6 Å². The first-order chi connectivity index (χ1) is 11.1. The summed E-state index contributed by atoms with van der Waals surface area (Å²) in [5.74, 6) is -0.218. The molecule has 6 nitrogen and oxygen atoms in total. The van der Waals surface area contributed by atoms with Gasteiger partial charge in [-0.05, 0) is 31.0 Å². The van der Waals surface area contributed by atoms with Crippen molar-refractivity contribution in [1.29, 1.82) is 0 Å². The number of aromatic nitrogens is 2. The Hall–Kier alpha value is -2.28. The molecule has 0 saturated heterocycles. The van der Waals surface area contributed by atoms with E-state index in [1.54, 1.807) is 6.20 Å². The van der Waals surface area contributed by atoms with Gasteiger partial charge in [-0.25, -0.2) is 9.78 Å². The van der Waals surface area contributed by atoms with E-state index < -0.39 is 6.03 Å². The van der Waals surface area contributed by atoms with Crippen molar-refractivity contribution in [3.8, 4) is 5.69 Å². The number of benzene rings is 1. The molecule has 2 N–H and O–H groups in total. The Morgan fingerprint density at radius 1 is 1.35 bits per heavy atom. The molecule has 0 fully saturated rings. The molecular formula is C16H20N4O2S. The number of imide groups is 1. The molecule has 0 spiro atoms. The van der Waals surface area contributed by atoms with Crippen LogP contribution in [-0.2, 0) is 4.79 Å². The van der Waals surface area contributed by atoms with Gasteiger partial charge in [0.1, 0.15) is 0 Å². The number of imidazole rings is 1. The van der Waals surface area contributed by atoms with E-state index in [4.69, 9.17) is 0 Å². The molecule has 2 rings (SSSR count). The first kappa shape index (κ1) is 17.1. The maximum atomic E-state index is 11.8. The second kappa shape index (κ2) is 8.38. The third-order valence-electron chi connectivity index (χ3n) is 3.01. The van der Waals surface area contributed by atoms with Gasteiger partial charge in [0.05, 0.1) is 5.75 Å². The van der Waals surface area contributed by atoms with Crippen LogP contribution in [0.3, 0.4) is 0 Å².